The van der Waals surface area contributed by atoms with Crippen molar-refractivity contribution in [3.63, 3.8) is 0 Å². The van der Waals surface area contributed by atoms with Crippen molar-refractivity contribution in [1.82, 2.24) is 14.5 Å². The van der Waals surface area contributed by atoms with Gasteiger partial charge in [0, 0.05) is 31.7 Å². The molecule has 0 aliphatic carbocycles. The Morgan fingerprint density at radius 3 is 2.36 bits per heavy atom. The van der Waals surface area contributed by atoms with E-state index in [1.807, 2.05) is 48.5 Å². The van der Waals surface area contributed by atoms with E-state index in [-0.39, 0.29) is 18.0 Å². The fourth-order valence-electron chi connectivity index (χ4n) is 3.39. The maximum atomic E-state index is 12.8. The summed E-state index contributed by atoms with van der Waals surface area (Å²) in [6.45, 7) is 6.82. The Hall–Kier alpha value is -2.86. The molecule has 148 valence electrons. The summed E-state index contributed by atoms with van der Waals surface area (Å²) >= 11 is 0. The first-order valence-electron chi connectivity index (χ1n) is 9.91. The Labute approximate surface area is 165 Å². The summed E-state index contributed by atoms with van der Waals surface area (Å²) in [7, 11) is 0. The minimum atomic E-state index is -0.0974. The number of anilines is 1. The minimum absolute atomic E-state index is 0.0523. The summed E-state index contributed by atoms with van der Waals surface area (Å²) in [6.07, 6.45) is 1.13. The van der Waals surface area contributed by atoms with Crippen LogP contribution in [0.1, 0.15) is 32.3 Å². The SMILES string of the molecule is CCCn1c(=O)n(CCC(=O)Nc2cccc(CNCC)c2)c2ccccc21. The zero-order valence-electron chi connectivity index (χ0n) is 16.6. The van der Waals surface area contributed by atoms with Gasteiger partial charge in [0.15, 0.2) is 0 Å². The van der Waals surface area contributed by atoms with Crippen LogP contribution in [0.4, 0.5) is 5.69 Å². The molecule has 3 rings (SSSR count). The Balaban J connectivity index is 1.70. The number of hydrogen-bond acceptors (Lipinski definition) is 3. The molecule has 0 radical (unpaired) electrons. The molecule has 0 aliphatic rings. The second-order valence-electron chi connectivity index (χ2n) is 6.85. The van der Waals surface area contributed by atoms with Crippen molar-refractivity contribution in [2.24, 2.45) is 0 Å². The number of fused-ring (bicyclic) bond motifs is 1. The van der Waals surface area contributed by atoms with Crippen molar-refractivity contribution in [3.8, 4) is 0 Å². The summed E-state index contributed by atoms with van der Waals surface area (Å²) in [5.74, 6) is -0.0974. The van der Waals surface area contributed by atoms with Gasteiger partial charge in [-0.15, -0.1) is 0 Å². The Bertz CT molecular complexity index is 1000. The van der Waals surface area contributed by atoms with Crippen LogP contribution in [-0.2, 0) is 24.4 Å². The van der Waals surface area contributed by atoms with Crippen LogP contribution in [0.3, 0.4) is 0 Å². The highest BCUT2D eigenvalue weighted by Crippen LogP contribution is 2.15. The lowest BCUT2D eigenvalue weighted by atomic mass is 10.2. The molecule has 1 heterocycles. The lowest BCUT2D eigenvalue weighted by Gasteiger charge is -2.08. The fourth-order valence-corrected chi connectivity index (χ4v) is 3.39. The number of aromatic nitrogens is 2. The van der Waals surface area contributed by atoms with Gasteiger partial charge in [-0.3, -0.25) is 13.9 Å². The third-order valence-electron chi connectivity index (χ3n) is 4.72. The summed E-state index contributed by atoms with van der Waals surface area (Å²) in [6, 6.07) is 15.6. The third kappa shape index (κ3) is 4.51. The number of benzene rings is 2. The predicted octanol–water partition coefficient (Wildman–Crippen LogP) is 3.35. The molecule has 0 saturated heterocycles. The molecule has 6 heteroatoms. The number of nitrogens with zero attached hydrogens (tertiary/aromatic N) is 2. The standard InChI is InChI=1S/C22H28N4O2/c1-3-13-25-19-10-5-6-11-20(19)26(22(25)28)14-12-21(27)24-18-9-7-8-17(15-18)16-23-4-2/h5-11,15,23H,3-4,12-14,16H2,1-2H3,(H,24,27). The molecular weight excluding hydrogens is 352 g/mol. The Morgan fingerprint density at radius 2 is 1.68 bits per heavy atom. The first-order valence-corrected chi connectivity index (χ1v) is 9.91. The van der Waals surface area contributed by atoms with Crippen molar-refractivity contribution in [3.05, 3.63) is 64.6 Å². The number of aryl methyl sites for hydroxylation is 2. The summed E-state index contributed by atoms with van der Waals surface area (Å²) < 4.78 is 3.49. The largest absolute Gasteiger partial charge is 0.329 e. The van der Waals surface area contributed by atoms with Crippen molar-refractivity contribution in [2.75, 3.05) is 11.9 Å². The number of carbonyl (C=O) groups excluding carboxylic acids is 1. The molecule has 0 unspecified atom stereocenters. The quantitative estimate of drug-likeness (QED) is 0.598. The van der Waals surface area contributed by atoms with E-state index in [2.05, 4.69) is 24.5 Å². The van der Waals surface area contributed by atoms with Crippen molar-refractivity contribution in [2.45, 2.75) is 46.3 Å². The molecule has 1 aromatic heterocycles. The van der Waals surface area contributed by atoms with Gasteiger partial charge in [-0.25, -0.2) is 4.79 Å². The van der Waals surface area contributed by atoms with Gasteiger partial charge in [-0.2, -0.15) is 0 Å². The lowest BCUT2D eigenvalue weighted by molar-refractivity contribution is -0.116. The molecule has 0 aliphatic heterocycles. The van der Waals surface area contributed by atoms with Gasteiger partial charge in [-0.1, -0.05) is 38.1 Å². The van der Waals surface area contributed by atoms with E-state index in [1.54, 1.807) is 9.13 Å². The van der Waals surface area contributed by atoms with E-state index in [0.717, 1.165) is 41.8 Å². The van der Waals surface area contributed by atoms with Crippen LogP contribution in [0, 0.1) is 0 Å². The molecule has 0 saturated carbocycles. The maximum Gasteiger partial charge on any atom is 0.329 e. The highest BCUT2D eigenvalue weighted by atomic mass is 16.2. The van der Waals surface area contributed by atoms with E-state index >= 15 is 0 Å². The fraction of sp³-hybridized carbons (Fsp3) is 0.364. The summed E-state index contributed by atoms with van der Waals surface area (Å²) in [5.41, 5.74) is 3.65. The van der Waals surface area contributed by atoms with Crippen molar-refractivity contribution >= 4 is 22.6 Å². The molecule has 0 atom stereocenters. The molecule has 2 aromatic carbocycles. The average Bonchev–Trinajstić information content (AvgIpc) is 2.97. The second kappa shape index (κ2) is 9.37. The van der Waals surface area contributed by atoms with Crippen molar-refractivity contribution < 1.29 is 4.79 Å². The highest BCUT2D eigenvalue weighted by molar-refractivity contribution is 5.90. The number of nitrogens with one attached hydrogen (secondary N) is 2. The minimum Gasteiger partial charge on any atom is -0.326 e. The van der Waals surface area contributed by atoms with Crippen LogP contribution < -0.4 is 16.3 Å². The maximum absolute atomic E-state index is 12.8. The normalized spacial score (nSPS) is 11.1. The number of rotatable bonds is 9. The first-order chi connectivity index (χ1) is 13.6. The van der Waals surface area contributed by atoms with E-state index in [9.17, 15) is 9.59 Å². The van der Waals surface area contributed by atoms with Gasteiger partial charge in [0.05, 0.1) is 11.0 Å². The number of hydrogen-bond donors (Lipinski definition) is 2. The smallest absolute Gasteiger partial charge is 0.326 e. The number of para-hydroxylation sites is 2. The molecule has 0 spiro atoms. The average molecular weight is 380 g/mol. The third-order valence-corrected chi connectivity index (χ3v) is 4.72. The zero-order valence-corrected chi connectivity index (χ0v) is 16.6. The predicted molar refractivity (Wildman–Crippen MR) is 114 cm³/mol. The van der Waals surface area contributed by atoms with Crippen LogP contribution in [0.2, 0.25) is 0 Å². The molecule has 1 amide bonds. The van der Waals surface area contributed by atoms with E-state index in [0.29, 0.717) is 13.1 Å². The monoisotopic (exact) mass is 380 g/mol. The lowest BCUT2D eigenvalue weighted by Crippen LogP contribution is -2.26. The molecule has 3 aromatic rings. The van der Waals surface area contributed by atoms with E-state index < -0.39 is 0 Å². The molecule has 2 N–H and O–H groups in total. The van der Waals surface area contributed by atoms with Crippen LogP contribution >= 0.6 is 0 Å². The van der Waals surface area contributed by atoms with Gasteiger partial charge in [0.2, 0.25) is 5.91 Å². The van der Waals surface area contributed by atoms with E-state index in [1.165, 1.54) is 0 Å². The van der Waals surface area contributed by atoms with Crippen LogP contribution in [-0.4, -0.2) is 21.6 Å². The Kier molecular flexibility index (Phi) is 6.66. The van der Waals surface area contributed by atoms with Gasteiger partial charge in [0.25, 0.3) is 0 Å². The number of amides is 1. The van der Waals surface area contributed by atoms with Gasteiger partial charge in [-0.05, 0) is 42.8 Å². The Morgan fingerprint density at radius 1 is 0.964 bits per heavy atom. The number of carbonyl (C=O) groups is 1. The summed E-state index contributed by atoms with van der Waals surface area (Å²) in [5, 5.41) is 6.21. The zero-order chi connectivity index (χ0) is 19.9. The van der Waals surface area contributed by atoms with Gasteiger partial charge < -0.3 is 10.6 Å². The van der Waals surface area contributed by atoms with Gasteiger partial charge >= 0.3 is 5.69 Å². The molecule has 6 nitrogen and oxygen atoms in total. The summed E-state index contributed by atoms with van der Waals surface area (Å²) in [4.78, 5) is 25.2. The number of imidazole rings is 1. The van der Waals surface area contributed by atoms with Crippen LogP contribution in [0.5, 0.6) is 0 Å². The van der Waals surface area contributed by atoms with E-state index in [4.69, 9.17) is 0 Å². The highest BCUT2D eigenvalue weighted by Gasteiger charge is 2.13. The first kappa shape index (κ1) is 19.9. The molecule has 0 bridgehead atoms. The topological polar surface area (TPSA) is 68.1 Å². The molecular formula is C22H28N4O2. The van der Waals surface area contributed by atoms with Crippen LogP contribution in [0.15, 0.2) is 53.3 Å². The van der Waals surface area contributed by atoms with Crippen LogP contribution in [0.25, 0.3) is 11.0 Å². The van der Waals surface area contributed by atoms with Gasteiger partial charge in [0.1, 0.15) is 0 Å². The molecule has 0 fully saturated rings. The van der Waals surface area contributed by atoms with Crippen molar-refractivity contribution in [1.29, 1.82) is 0 Å². The second-order valence-corrected chi connectivity index (χ2v) is 6.85. The molecule has 28 heavy (non-hydrogen) atoms.